The van der Waals surface area contributed by atoms with E-state index >= 15 is 0 Å². The van der Waals surface area contributed by atoms with Gasteiger partial charge in [0.2, 0.25) is 0 Å². The van der Waals surface area contributed by atoms with Crippen LogP contribution in [0.5, 0.6) is 5.75 Å². The summed E-state index contributed by atoms with van der Waals surface area (Å²) in [5.41, 5.74) is 2.28. The van der Waals surface area contributed by atoms with Gasteiger partial charge in [0.15, 0.2) is 0 Å². The van der Waals surface area contributed by atoms with Crippen molar-refractivity contribution in [2.75, 3.05) is 7.11 Å². The molecule has 0 radical (unpaired) electrons. The summed E-state index contributed by atoms with van der Waals surface area (Å²) in [6, 6.07) is 5.73. The molecule has 0 saturated heterocycles. The van der Waals surface area contributed by atoms with Crippen molar-refractivity contribution in [3.8, 4) is 5.75 Å². The molecule has 0 aliphatic heterocycles. The number of ether oxygens (including phenoxy) is 1. The summed E-state index contributed by atoms with van der Waals surface area (Å²) in [5, 5.41) is 0.609. The molecule has 2 rings (SSSR count). The molecule has 1 aliphatic carbocycles. The van der Waals surface area contributed by atoms with Crippen molar-refractivity contribution in [2.45, 2.75) is 19.3 Å². The third-order valence-electron chi connectivity index (χ3n) is 2.77. The Bertz CT molecular complexity index is 449. The molecule has 2 nitrogen and oxygen atoms in total. The number of benzene rings is 1. The van der Waals surface area contributed by atoms with Crippen molar-refractivity contribution in [2.24, 2.45) is 0 Å². The summed E-state index contributed by atoms with van der Waals surface area (Å²) in [6.07, 6.45) is 3.97. The molecule has 1 aromatic carbocycles. The minimum Gasteiger partial charge on any atom is -0.495 e. The van der Waals surface area contributed by atoms with Gasteiger partial charge in [0.1, 0.15) is 11.5 Å². The van der Waals surface area contributed by atoms with Crippen molar-refractivity contribution in [1.82, 2.24) is 0 Å². The largest absolute Gasteiger partial charge is 0.495 e. The molecule has 0 spiro atoms. The van der Waals surface area contributed by atoms with Crippen LogP contribution in [0.25, 0.3) is 5.57 Å². The number of hydrogen-bond donors (Lipinski definition) is 0. The second-order valence-corrected chi connectivity index (χ2v) is 4.23. The smallest absolute Gasteiger partial charge is 0.137 e. The molecule has 0 atom stereocenters. The van der Waals surface area contributed by atoms with Crippen molar-refractivity contribution >= 4 is 23.0 Å². The number of carbonyl (C=O) groups excluding carboxylic acids is 1. The van der Waals surface area contributed by atoms with Gasteiger partial charge in [0, 0.05) is 12.8 Å². The van der Waals surface area contributed by atoms with E-state index in [0.717, 1.165) is 12.0 Å². The number of ketones is 1. The van der Waals surface area contributed by atoms with Gasteiger partial charge in [-0.2, -0.15) is 0 Å². The lowest BCUT2D eigenvalue weighted by molar-refractivity contribution is -0.118. The number of rotatable bonds is 2. The Labute approximate surface area is 99.9 Å². The fourth-order valence-corrected chi connectivity index (χ4v) is 2.10. The van der Waals surface area contributed by atoms with Crippen molar-refractivity contribution in [3.05, 3.63) is 34.9 Å². The maximum absolute atomic E-state index is 11.1. The van der Waals surface area contributed by atoms with Crippen LogP contribution >= 0.6 is 11.6 Å². The number of methoxy groups -OCH3 is 1. The number of carbonyl (C=O) groups is 1. The number of Topliss-reactive ketones (excluding diaryl/α,β-unsaturated/α-hetero) is 1. The Morgan fingerprint density at radius 2 is 2.12 bits per heavy atom. The van der Waals surface area contributed by atoms with E-state index in [-0.39, 0.29) is 0 Å². The average Bonchev–Trinajstić information content (AvgIpc) is 2.30. The van der Waals surface area contributed by atoms with Crippen LogP contribution in [-0.4, -0.2) is 12.9 Å². The monoisotopic (exact) mass is 236 g/mol. The highest BCUT2D eigenvalue weighted by molar-refractivity contribution is 6.32. The maximum atomic E-state index is 11.1. The van der Waals surface area contributed by atoms with E-state index in [0.29, 0.717) is 29.4 Å². The quantitative estimate of drug-likeness (QED) is 0.786. The second-order valence-electron chi connectivity index (χ2n) is 3.82. The van der Waals surface area contributed by atoms with Crippen molar-refractivity contribution in [3.63, 3.8) is 0 Å². The average molecular weight is 237 g/mol. The summed E-state index contributed by atoms with van der Waals surface area (Å²) in [7, 11) is 1.60. The summed E-state index contributed by atoms with van der Waals surface area (Å²) < 4.78 is 5.10. The van der Waals surface area contributed by atoms with Crippen LogP contribution in [0.3, 0.4) is 0 Å². The molecule has 0 unspecified atom stereocenters. The van der Waals surface area contributed by atoms with Crippen molar-refractivity contribution in [1.29, 1.82) is 0 Å². The predicted octanol–water partition coefficient (Wildman–Crippen LogP) is 3.49. The highest BCUT2D eigenvalue weighted by Crippen LogP contribution is 2.31. The zero-order valence-electron chi connectivity index (χ0n) is 9.13. The van der Waals surface area contributed by atoms with Gasteiger partial charge in [-0.3, -0.25) is 4.79 Å². The fourth-order valence-electron chi connectivity index (χ4n) is 1.84. The van der Waals surface area contributed by atoms with Gasteiger partial charge in [-0.05, 0) is 29.7 Å². The minimum absolute atomic E-state index is 0.309. The van der Waals surface area contributed by atoms with Crippen LogP contribution in [0.15, 0.2) is 24.3 Å². The first kappa shape index (κ1) is 11.2. The SMILES string of the molecule is COc1ccc(C2=CCC(=O)CC2)cc1Cl. The van der Waals surface area contributed by atoms with Gasteiger partial charge in [-0.15, -0.1) is 0 Å². The van der Waals surface area contributed by atoms with E-state index in [2.05, 4.69) is 0 Å². The van der Waals surface area contributed by atoms with Gasteiger partial charge in [-0.25, -0.2) is 0 Å². The highest BCUT2D eigenvalue weighted by atomic mass is 35.5. The maximum Gasteiger partial charge on any atom is 0.137 e. The van der Waals surface area contributed by atoms with Gasteiger partial charge in [0.25, 0.3) is 0 Å². The van der Waals surface area contributed by atoms with Crippen molar-refractivity contribution < 1.29 is 9.53 Å². The van der Waals surface area contributed by atoms with E-state index in [1.54, 1.807) is 7.11 Å². The summed E-state index contributed by atoms with van der Waals surface area (Å²) in [5.74, 6) is 0.987. The van der Waals surface area contributed by atoms with Gasteiger partial charge in [0.05, 0.1) is 12.1 Å². The highest BCUT2D eigenvalue weighted by Gasteiger charge is 2.12. The fraction of sp³-hybridized carbons (Fsp3) is 0.308. The third-order valence-corrected chi connectivity index (χ3v) is 3.07. The van der Waals surface area contributed by atoms with Crippen LogP contribution in [0, 0.1) is 0 Å². The molecule has 3 heteroatoms. The Morgan fingerprint density at radius 3 is 2.69 bits per heavy atom. The molecule has 0 aromatic heterocycles. The first-order valence-corrected chi connectivity index (χ1v) is 5.63. The summed E-state index contributed by atoms with van der Waals surface area (Å²) in [4.78, 5) is 11.1. The first-order chi connectivity index (χ1) is 7.70. The van der Waals surface area contributed by atoms with Crippen LogP contribution in [-0.2, 0) is 4.79 Å². The van der Waals surface area contributed by atoms with Crippen LogP contribution in [0.2, 0.25) is 5.02 Å². The molecule has 0 N–H and O–H groups in total. The molecule has 0 fully saturated rings. The van der Waals surface area contributed by atoms with E-state index in [4.69, 9.17) is 16.3 Å². The molecule has 84 valence electrons. The summed E-state index contributed by atoms with van der Waals surface area (Å²) in [6.45, 7) is 0. The van der Waals surface area contributed by atoms with Crippen LogP contribution < -0.4 is 4.74 Å². The zero-order valence-corrected chi connectivity index (χ0v) is 9.88. The third kappa shape index (κ3) is 2.27. The molecule has 0 bridgehead atoms. The number of halogens is 1. The lowest BCUT2D eigenvalue weighted by Crippen LogP contribution is -2.03. The first-order valence-electron chi connectivity index (χ1n) is 5.25. The van der Waals surface area contributed by atoms with Gasteiger partial charge < -0.3 is 4.74 Å². The molecule has 16 heavy (non-hydrogen) atoms. The lowest BCUT2D eigenvalue weighted by Gasteiger charge is -2.13. The molecule has 1 aliphatic rings. The molecule has 0 saturated carbocycles. The Morgan fingerprint density at radius 1 is 1.31 bits per heavy atom. The number of hydrogen-bond acceptors (Lipinski definition) is 2. The van der Waals surface area contributed by atoms with E-state index in [9.17, 15) is 4.79 Å². The normalized spacial score (nSPS) is 15.9. The van der Waals surface area contributed by atoms with E-state index in [1.807, 2.05) is 24.3 Å². The van der Waals surface area contributed by atoms with E-state index < -0.39 is 0 Å². The van der Waals surface area contributed by atoms with Crippen LogP contribution in [0.4, 0.5) is 0 Å². The molecule has 1 aromatic rings. The predicted molar refractivity (Wildman–Crippen MR) is 64.8 cm³/mol. The Kier molecular flexibility index (Phi) is 3.30. The summed E-state index contributed by atoms with van der Waals surface area (Å²) >= 11 is 6.06. The van der Waals surface area contributed by atoms with Gasteiger partial charge in [-0.1, -0.05) is 23.7 Å². The zero-order chi connectivity index (χ0) is 11.5. The minimum atomic E-state index is 0.309. The number of allylic oxidation sites excluding steroid dienone is 2. The molecule has 0 amide bonds. The van der Waals surface area contributed by atoms with Gasteiger partial charge >= 0.3 is 0 Å². The molecule has 0 heterocycles. The molecular weight excluding hydrogens is 224 g/mol. The van der Waals surface area contributed by atoms with Crippen LogP contribution in [0.1, 0.15) is 24.8 Å². The topological polar surface area (TPSA) is 26.3 Å². The van der Waals surface area contributed by atoms with E-state index in [1.165, 1.54) is 5.57 Å². The lowest BCUT2D eigenvalue weighted by atomic mass is 9.93. The second kappa shape index (κ2) is 4.71. The Hall–Kier alpha value is -1.28. The standard InChI is InChI=1S/C13H13ClO2/c1-16-13-7-4-10(8-12(13)14)9-2-5-11(15)6-3-9/h2,4,7-8H,3,5-6H2,1H3. The molecular formula is C13H13ClO2. The Balaban J connectivity index is 2.28.